The van der Waals surface area contributed by atoms with Crippen molar-refractivity contribution in [3.63, 3.8) is 0 Å². The monoisotopic (exact) mass is 439 g/mol. The largest absolute Gasteiger partial charge is 0.507 e. The van der Waals surface area contributed by atoms with Crippen LogP contribution in [-0.4, -0.2) is 49.1 Å². The molecule has 1 saturated heterocycles. The molecule has 0 aliphatic carbocycles. The maximum absolute atomic E-state index is 12.9. The van der Waals surface area contributed by atoms with Crippen LogP contribution in [-0.2, 0) is 14.3 Å². The van der Waals surface area contributed by atoms with E-state index in [1.165, 1.54) is 31.3 Å². The van der Waals surface area contributed by atoms with Crippen LogP contribution in [0.25, 0.3) is 5.76 Å². The van der Waals surface area contributed by atoms with Crippen molar-refractivity contribution in [3.05, 3.63) is 57.0 Å². The van der Waals surface area contributed by atoms with Gasteiger partial charge in [0.1, 0.15) is 29.1 Å². The third-order valence-corrected chi connectivity index (χ3v) is 5.07. The lowest BCUT2D eigenvalue weighted by Crippen LogP contribution is -2.32. The molecule has 1 aromatic carbocycles. The molecule has 2 heterocycles. The predicted molar refractivity (Wildman–Crippen MR) is 107 cm³/mol. The number of ether oxygens (including phenoxy) is 2. The second-order valence-electron chi connectivity index (χ2n) is 6.40. The van der Waals surface area contributed by atoms with Gasteiger partial charge in [0.25, 0.3) is 11.7 Å². The summed E-state index contributed by atoms with van der Waals surface area (Å²) >= 11 is 12.2. The number of benzene rings is 1. The Morgan fingerprint density at radius 1 is 1.24 bits per heavy atom. The summed E-state index contributed by atoms with van der Waals surface area (Å²) in [4.78, 5) is 26.8. The number of ketones is 1. The Labute approximate surface area is 177 Å². The number of likely N-dealkylation sites (tertiary alicyclic amines) is 1. The van der Waals surface area contributed by atoms with Gasteiger partial charge in [-0.15, -0.1) is 0 Å². The van der Waals surface area contributed by atoms with Gasteiger partial charge >= 0.3 is 0 Å². The van der Waals surface area contributed by atoms with Gasteiger partial charge < -0.3 is 23.9 Å². The predicted octanol–water partition coefficient (Wildman–Crippen LogP) is 3.97. The molecule has 7 nitrogen and oxygen atoms in total. The van der Waals surface area contributed by atoms with Crippen LogP contribution in [0.3, 0.4) is 0 Å². The van der Waals surface area contributed by atoms with Crippen LogP contribution in [0.2, 0.25) is 10.0 Å². The lowest BCUT2D eigenvalue weighted by atomic mass is 9.98. The minimum atomic E-state index is -0.929. The number of hydrogen-bond acceptors (Lipinski definition) is 6. The molecule has 1 atom stereocenters. The van der Waals surface area contributed by atoms with Crippen LogP contribution < -0.4 is 4.74 Å². The van der Waals surface area contributed by atoms with E-state index in [1.54, 1.807) is 19.1 Å². The second-order valence-corrected chi connectivity index (χ2v) is 7.25. The molecule has 1 aliphatic rings. The number of furan rings is 1. The maximum atomic E-state index is 12.9. The Morgan fingerprint density at radius 3 is 2.55 bits per heavy atom. The third-order valence-electron chi connectivity index (χ3n) is 4.57. The van der Waals surface area contributed by atoms with Crippen LogP contribution in [0, 0.1) is 6.92 Å². The number of carbonyl (C=O) groups is 2. The number of methoxy groups -OCH3 is 2. The number of aliphatic hydroxyl groups excluding tert-OH is 1. The number of Topliss-reactive ketones (excluding diaryl/α,β-unsaturated/α-hetero) is 1. The van der Waals surface area contributed by atoms with Crippen molar-refractivity contribution in [2.75, 3.05) is 27.4 Å². The molecule has 0 saturated carbocycles. The lowest BCUT2D eigenvalue weighted by molar-refractivity contribution is -0.140. The van der Waals surface area contributed by atoms with Crippen molar-refractivity contribution in [2.45, 2.75) is 13.0 Å². The highest BCUT2D eigenvalue weighted by molar-refractivity contribution is 6.46. The maximum Gasteiger partial charge on any atom is 0.295 e. The number of aryl methyl sites for hydroxylation is 1. The van der Waals surface area contributed by atoms with Crippen LogP contribution >= 0.6 is 23.2 Å². The van der Waals surface area contributed by atoms with Crippen LogP contribution in [0.15, 0.2) is 34.3 Å². The van der Waals surface area contributed by atoms with Crippen molar-refractivity contribution in [3.8, 4) is 5.75 Å². The summed E-state index contributed by atoms with van der Waals surface area (Å²) in [5.74, 6) is -1.01. The Kier molecular flexibility index (Phi) is 6.21. The number of nitrogens with zero attached hydrogens (tertiary/aromatic N) is 1. The summed E-state index contributed by atoms with van der Waals surface area (Å²) in [5, 5.41) is 11.4. The molecule has 154 valence electrons. The molecular weight excluding hydrogens is 421 g/mol. The highest BCUT2D eigenvalue weighted by Gasteiger charge is 2.47. The molecule has 0 radical (unpaired) electrons. The highest BCUT2D eigenvalue weighted by atomic mass is 35.5. The lowest BCUT2D eigenvalue weighted by Gasteiger charge is -2.23. The van der Waals surface area contributed by atoms with E-state index in [1.807, 2.05) is 0 Å². The first-order chi connectivity index (χ1) is 13.8. The summed E-state index contributed by atoms with van der Waals surface area (Å²) < 4.78 is 16.0. The molecule has 1 N–H and O–H groups in total. The summed E-state index contributed by atoms with van der Waals surface area (Å²) in [7, 11) is 2.86. The van der Waals surface area contributed by atoms with Crippen LogP contribution in [0.4, 0.5) is 0 Å². The molecule has 29 heavy (non-hydrogen) atoms. The zero-order valence-corrected chi connectivity index (χ0v) is 17.5. The zero-order valence-electron chi connectivity index (χ0n) is 16.0. The smallest absolute Gasteiger partial charge is 0.295 e. The SMILES string of the molecule is COCCN1C(=O)C(=O)/C(=C(/O)c2cc(Cl)cc(Cl)c2OC)C1c1ccc(C)o1. The third kappa shape index (κ3) is 3.85. The number of aliphatic hydroxyl groups is 1. The zero-order chi connectivity index (χ0) is 21.3. The number of hydrogen-bond donors (Lipinski definition) is 1. The minimum absolute atomic E-state index is 0.100. The Bertz CT molecular complexity index is 997. The molecule has 0 spiro atoms. The number of rotatable bonds is 6. The fraction of sp³-hybridized carbons (Fsp3) is 0.300. The average molecular weight is 440 g/mol. The van der Waals surface area contributed by atoms with Gasteiger partial charge in [0, 0.05) is 18.7 Å². The topological polar surface area (TPSA) is 89.2 Å². The van der Waals surface area contributed by atoms with Crippen LogP contribution in [0.5, 0.6) is 5.75 Å². The molecule has 3 rings (SSSR count). The van der Waals surface area contributed by atoms with Gasteiger partial charge in [-0.05, 0) is 31.2 Å². The standard InChI is InChI=1S/C20H19Cl2NO6/c1-10-4-5-14(29-10)16-15(18(25)20(26)23(16)6-7-27-2)17(24)12-8-11(21)9-13(22)19(12)28-3/h4-5,8-9,16,24H,6-7H2,1-3H3/b17-15+. The number of amides is 1. The van der Waals surface area contributed by atoms with Crippen molar-refractivity contribution in [1.29, 1.82) is 0 Å². The Hall–Kier alpha value is -2.48. The fourth-order valence-electron chi connectivity index (χ4n) is 3.29. The normalized spacial score (nSPS) is 18.5. The minimum Gasteiger partial charge on any atom is -0.507 e. The van der Waals surface area contributed by atoms with Gasteiger partial charge in [0.05, 0.1) is 29.9 Å². The van der Waals surface area contributed by atoms with E-state index in [2.05, 4.69) is 0 Å². The Morgan fingerprint density at radius 2 is 1.97 bits per heavy atom. The first-order valence-electron chi connectivity index (χ1n) is 8.67. The van der Waals surface area contributed by atoms with Gasteiger partial charge in [-0.1, -0.05) is 23.2 Å². The molecule has 1 fully saturated rings. The summed E-state index contributed by atoms with van der Waals surface area (Å²) in [5.41, 5.74) is -0.0416. The van der Waals surface area contributed by atoms with E-state index >= 15 is 0 Å². The average Bonchev–Trinajstić information content (AvgIpc) is 3.20. The molecule has 1 unspecified atom stereocenters. The van der Waals surface area contributed by atoms with Crippen molar-refractivity contribution >= 4 is 40.7 Å². The van der Waals surface area contributed by atoms with E-state index in [0.717, 1.165) is 0 Å². The van der Waals surface area contributed by atoms with E-state index in [0.29, 0.717) is 11.5 Å². The van der Waals surface area contributed by atoms with Gasteiger partial charge in [-0.2, -0.15) is 0 Å². The quantitative estimate of drug-likeness (QED) is 0.416. The molecule has 0 bridgehead atoms. The van der Waals surface area contributed by atoms with Crippen LogP contribution in [0.1, 0.15) is 23.1 Å². The second kappa shape index (κ2) is 8.49. The van der Waals surface area contributed by atoms with E-state index in [4.69, 9.17) is 37.1 Å². The fourth-order valence-corrected chi connectivity index (χ4v) is 3.86. The van der Waals surface area contributed by atoms with E-state index in [-0.39, 0.29) is 40.1 Å². The first kappa shape index (κ1) is 21.2. The molecule has 9 heteroatoms. The Balaban J connectivity index is 2.24. The van der Waals surface area contributed by atoms with Gasteiger partial charge in [0.2, 0.25) is 0 Å². The summed E-state index contributed by atoms with van der Waals surface area (Å²) in [6.45, 7) is 2.08. The molecule has 2 aromatic rings. The van der Waals surface area contributed by atoms with Gasteiger partial charge in [-0.25, -0.2) is 0 Å². The molecular formula is C20H19Cl2NO6. The summed E-state index contributed by atoms with van der Waals surface area (Å²) in [6.07, 6.45) is 0. The van der Waals surface area contributed by atoms with Crippen molar-refractivity contribution in [1.82, 2.24) is 4.90 Å². The van der Waals surface area contributed by atoms with Gasteiger partial charge in [-0.3, -0.25) is 9.59 Å². The highest BCUT2D eigenvalue weighted by Crippen LogP contribution is 2.43. The number of carbonyl (C=O) groups excluding carboxylic acids is 2. The molecule has 1 amide bonds. The molecule has 1 aliphatic heterocycles. The van der Waals surface area contributed by atoms with Crippen molar-refractivity contribution in [2.24, 2.45) is 0 Å². The molecule has 1 aromatic heterocycles. The van der Waals surface area contributed by atoms with Gasteiger partial charge in [0.15, 0.2) is 0 Å². The van der Waals surface area contributed by atoms with Crippen molar-refractivity contribution < 1.29 is 28.6 Å². The van der Waals surface area contributed by atoms with E-state index < -0.39 is 23.5 Å². The van der Waals surface area contributed by atoms with E-state index in [9.17, 15) is 14.7 Å². The number of halogens is 2. The first-order valence-corrected chi connectivity index (χ1v) is 9.42. The summed E-state index contributed by atoms with van der Waals surface area (Å²) in [6, 6.07) is 5.29.